The van der Waals surface area contributed by atoms with Crippen LogP contribution in [0.5, 0.6) is 17.2 Å². The first kappa shape index (κ1) is 58.8. The Hall–Kier alpha value is -5.76. The molecule has 0 saturated heterocycles. The number of thiophene rings is 2. The van der Waals surface area contributed by atoms with Gasteiger partial charge in [0.1, 0.15) is 47.6 Å². The molecule has 0 aliphatic carbocycles. The van der Waals surface area contributed by atoms with Gasteiger partial charge in [-0.3, -0.25) is 0 Å². The fourth-order valence-corrected chi connectivity index (χ4v) is 11.6. The lowest BCUT2D eigenvalue weighted by atomic mass is 10.1. The number of benzene rings is 1. The van der Waals surface area contributed by atoms with Crippen LogP contribution in [-0.4, -0.2) is 24.4 Å². The van der Waals surface area contributed by atoms with Crippen LogP contribution in [0.2, 0.25) is 0 Å². The number of rotatable bonds is 39. The summed E-state index contributed by atoms with van der Waals surface area (Å²) in [5, 5.41) is 59.7. The topological polar surface area (TPSA) is 175 Å². The summed E-state index contributed by atoms with van der Waals surface area (Å²) in [6.45, 7) is 8.27. The second-order valence-electron chi connectivity index (χ2n) is 19.0. The van der Waals surface area contributed by atoms with Crippen LogP contribution in [0.3, 0.4) is 0 Å². The van der Waals surface area contributed by atoms with Gasteiger partial charge in [0.05, 0.1) is 57.1 Å². The Labute approximate surface area is 440 Å². The highest BCUT2D eigenvalue weighted by Crippen LogP contribution is 2.48. The van der Waals surface area contributed by atoms with Gasteiger partial charge in [0.2, 0.25) is 5.75 Å². The lowest BCUT2D eigenvalue weighted by Gasteiger charge is -2.20. The fraction of sp³-hybridized carbons (Fsp3) is 0.600. The summed E-state index contributed by atoms with van der Waals surface area (Å²) < 4.78 is 23.8. The van der Waals surface area contributed by atoms with Crippen LogP contribution in [0.25, 0.3) is 37.3 Å². The monoisotopic (exact) mass is 1010 g/mol. The lowest BCUT2D eigenvalue weighted by molar-refractivity contribution is 0.234. The van der Waals surface area contributed by atoms with E-state index in [1.807, 2.05) is 53.1 Å². The first-order valence-corrected chi connectivity index (χ1v) is 29.1. The standard InChI is InChI=1S/C60H79N7O3S2/c1-4-7-10-13-16-19-22-25-28-31-34-68-54-37-49(38-55(69-35-32-29-26-23-20-17-14-11-8-5-2)58(54)70-36-33-30-27-24-21-18-15-12-9-6-3)67-52-39-56(50(45-65)47(41-61)42-62)71-59(52)60-53(67)40-57(72-60)51(46-66)48(43-63)44-64/h37-40H,4-36H2,1-3H3. The van der Waals surface area contributed by atoms with Crippen molar-refractivity contribution >= 4 is 54.3 Å². The van der Waals surface area contributed by atoms with Gasteiger partial charge in [0.15, 0.2) is 11.5 Å². The van der Waals surface area contributed by atoms with Crippen molar-refractivity contribution in [3.8, 4) is 59.4 Å². The van der Waals surface area contributed by atoms with E-state index in [0.717, 1.165) is 71.8 Å². The molecule has 0 N–H and O–H groups in total. The van der Waals surface area contributed by atoms with E-state index in [2.05, 4.69) is 32.9 Å². The number of nitrogens with zero attached hydrogens (tertiary/aromatic N) is 7. The van der Waals surface area contributed by atoms with Crippen LogP contribution >= 0.6 is 22.7 Å². The van der Waals surface area contributed by atoms with E-state index in [9.17, 15) is 31.6 Å². The molecule has 10 nitrogen and oxygen atoms in total. The van der Waals surface area contributed by atoms with E-state index in [1.54, 1.807) is 0 Å². The maximum Gasteiger partial charge on any atom is 0.203 e. The van der Waals surface area contributed by atoms with Gasteiger partial charge in [-0.1, -0.05) is 194 Å². The summed E-state index contributed by atoms with van der Waals surface area (Å²) in [6, 6.07) is 19.3. The van der Waals surface area contributed by atoms with Crippen molar-refractivity contribution in [1.29, 1.82) is 31.6 Å². The van der Waals surface area contributed by atoms with Crippen molar-refractivity contribution in [3.05, 3.63) is 45.2 Å². The maximum atomic E-state index is 10.2. The highest BCUT2D eigenvalue weighted by atomic mass is 32.1. The van der Waals surface area contributed by atoms with Gasteiger partial charge >= 0.3 is 0 Å². The summed E-state index contributed by atoms with van der Waals surface area (Å²) in [7, 11) is 0. The van der Waals surface area contributed by atoms with Crippen molar-refractivity contribution in [2.24, 2.45) is 0 Å². The lowest BCUT2D eigenvalue weighted by Crippen LogP contribution is -2.08. The van der Waals surface area contributed by atoms with Gasteiger partial charge in [-0.05, 0) is 31.4 Å². The van der Waals surface area contributed by atoms with Crippen LogP contribution in [0.4, 0.5) is 0 Å². The molecule has 0 aliphatic rings. The molecule has 0 aliphatic heterocycles. The van der Waals surface area contributed by atoms with E-state index >= 15 is 0 Å². The fourth-order valence-electron chi connectivity index (χ4n) is 9.17. The van der Waals surface area contributed by atoms with Crippen LogP contribution in [0.15, 0.2) is 35.4 Å². The zero-order chi connectivity index (χ0) is 51.6. The minimum atomic E-state index is -0.285. The van der Waals surface area contributed by atoms with E-state index < -0.39 is 0 Å². The number of nitriles is 6. The number of fused-ring (bicyclic) bond motifs is 3. The smallest absolute Gasteiger partial charge is 0.203 e. The second kappa shape index (κ2) is 35.4. The molecule has 0 radical (unpaired) electrons. The highest BCUT2D eigenvalue weighted by Gasteiger charge is 2.25. The predicted molar refractivity (Wildman–Crippen MR) is 296 cm³/mol. The molecule has 0 fully saturated rings. The first-order chi connectivity index (χ1) is 35.4. The molecule has 12 heteroatoms. The number of aromatic nitrogens is 1. The second-order valence-corrected chi connectivity index (χ2v) is 21.1. The maximum absolute atomic E-state index is 10.2. The highest BCUT2D eigenvalue weighted by molar-refractivity contribution is 7.28. The van der Waals surface area contributed by atoms with Gasteiger partial charge in [-0.15, -0.1) is 22.7 Å². The third-order valence-electron chi connectivity index (χ3n) is 13.3. The van der Waals surface area contributed by atoms with Crippen molar-refractivity contribution in [1.82, 2.24) is 4.57 Å². The molecule has 3 heterocycles. The summed E-state index contributed by atoms with van der Waals surface area (Å²) in [5.74, 6) is 1.71. The third-order valence-corrected chi connectivity index (χ3v) is 15.7. The zero-order valence-corrected chi connectivity index (χ0v) is 45.4. The molecule has 0 saturated carbocycles. The van der Waals surface area contributed by atoms with E-state index in [-0.39, 0.29) is 22.3 Å². The van der Waals surface area contributed by atoms with Crippen LogP contribution in [0, 0.1) is 68.0 Å². The van der Waals surface area contributed by atoms with E-state index in [4.69, 9.17) is 14.2 Å². The molecule has 3 aromatic heterocycles. The first-order valence-electron chi connectivity index (χ1n) is 27.5. The average molecular weight is 1010 g/mol. The minimum absolute atomic E-state index is 0.0247. The molecule has 0 amide bonds. The Bertz CT molecular complexity index is 2400. The quantitative estimate of drug-likeness (QED) is 0.0311. The Morgan fingerprint density at radius 3 is 0.972 bits per heavy atom. The van der Waals surface area contributed by atoms with E-state index in [0.29, 0.717) is 52.5 Å². The molecule has 4 aromatic rings. The minimum Gasteiger partial charge on any atom is -0.489 e. The molecule has 0 bridgehead atoms. The molecule has 72 heavy (non-hydrogen) atoms. The van der Waals surface area contributed by atoms with Crippen LogP contribution in [0.1, 0.15) is 223 Å². The van der Waals surface area contributed by atoms with Gasteiger partial charge in [0, 0.05) is 21.9 Å². The summed E-state index contributed by atoms with van der Waals surface area (Å²) in [6.07, 6.45) is 36.4. The average Bonchev–Trinajstić information content (AvgIpc) is 4.09. The van der Waals surface area contributed by atoms with Crippen molar-refractivity contribution < 1.29 is 14.2 Å². The van der Waals surface area contributed by atoms with Crippen molar-refractivity contribution in [2.75, 3.05) is 19.8 Å². The van der Waals surface area contributed by atoms with Crippen LogP contribution < -0.4 is 14.2 Å². The Morgan fingerprint density at radius 1 is 0.389 bits per heavy atom. The van der Waals surface area contributed by atoms with E-state index in [1.165, 1.54) is 164 Å². The Morgan fingerprint density at radius 2 is 0.681 bits per heavy atom. The van der Waals surface area contributed by atoms with Gasteiger partial charge in [0.25, 0.3) is 0 Å². The largest absolute Gasteiger partial charge is 0.489 e. The molecule has 384 valence electrons. The molecular weight excluding hydrogens is 931 g/mol. The number of allylic oxidation sites excluding steroid dienone is 4. The summed E-state index contributed by atoms with van der Waals surface area (Å²) in [4.78, 5) is 0.895. The molecule has 0 spiro atoms. The van der Waals surface area contributed by atoms with Crippen molar-refractivity contribution in [2.45, 2.75) is 213 Å². The summed E-state index contributed by atoms with van der Waals surface area (Å²) >= 11 is 2.54. The Kier molecular flexibility index (Phi) is 28.9. The SMILES string of the molecule is CCCCCCCCCCCCOc1cc(-n2c3cc(C(C#N)=C(C#N)C#N)sc3c3sc(C(C#N)=C(C#N)C#N)cc32)cc(OCCCCCCCCCCCC)c1OCCCCCCCCCCCC. The molecule has 0 unspecified atom stereocenters. The van der Waals surface area contributed by atoms with Gasteiger partial charge < -0.3 is 18.8 Å². The van der Waals surface area contributed by atoms with Crippen molar-refractivity contribution in [3.63, 3.8) is 0 Å². The van der Waals surface area contributed by atoms with Gasteiger partial charge in [-0.25, -0.2) is 0 Å². The molecular formula is C60H79N7O3S2. The molecule has 0 atom stereocenters. The van der Waals surface area contributed by atoms with Crippen LogP contribution in [-0.2, 0) is 0 Å². The molecule has 4 rings (SSSR count). The normalized spacial score (nSPS) is 10.8. The number of hydrogen-bond acceptors (Lipinski definition) is 11. The number of hydrogen-bond donors (Lipinski definition) is 0. The number of ether oxygens (including phenoxy) is 3. The number of unbranched alkanes of at least 4 members (excludes halogenated alkanes) is 27. The zero-order valence-electron chi connectivity index (χ0n) is 43.8. The Balaban J connectivity index is 1.76. The van der Waals surface area contributed by atoms with Gasteiger partial charge in [-0.2, -0.15) is 31.6 Å². The molecule has 1 aromatic carbocycles. The predicted octanol–water partition coefficient (Wildman–Crippen LogP) is 18.5. The summed E-state index contributed by atoms with van der Waals surface area (Å²) in [5.41, 5.74) is 1.51. The third kappa shape index (κ3) is 18.7.